The van der Waals surface area contributed by atoms with E-state index in [1.807, 2.05) is 18.3 Å². The smallest absolute Gasteiger partial charge is 0.0994 e. The number of aromatic nitrogens is 1. The van der Waals surface area contributed by atoms with Crippen molar-refractivity contribution in [3.05, 3.63) is 66.0 Å². The van der Waals surface area contributed by atoms with Gasteiger partial charge >= 0.3 is 0 Å². The van der Waals surface area contributed by atoms with Gasteiger partial charge in [-0.25, -0.2) is 0 Å². The largest absolute Gasteiger partial charge is 0.372 e. The average Bonchev–Trinajstić information content (AvgIpc) is 2.58. The molecule has 0 aliphatic carbocycles. The Kier molecular flexibility index (Phi) is 7.78. The van der Waals surface area contributed by atoms with Crippen molar-refractivity contribution < 1.29 is 4.74 Å². The third kappa shape index (κ3) is 6.93. The van der Waals surface area contributed by atoms with Crippen LogP contribution in [0.15, 0.2) is 54.7 Å². The third-order valence-corrected chi connectivity index (χ3v) is 3.86. The number of hydrogen-bond acceptors (Lipinski definition) is 3. The van der Waals surface area contributed by atoms with E-state index in [9.17, 15) is 0 Å². The van der Waals surface area contributed by atoms with E-state index >= 15 is 0 Å². The number of rotatable bonds is 10. The molecule has 1 aromatic heterocycles. The molecule has 124 valence electrons. The molecular weight excluding hydrogens is 284 g/mol. The van der Waals surface area contributed by atoms with E-state index in [1.165, 1.54) is 5.56 Å². The van der Waals surface area contributed by atoms with Crippen LogP contribution in [0.25, 0.3) is 0 Å². The van der Waals surface area contributed by atoms with Gasteiger partial charge < -0.3 is 9.64 Å². The fraction of sp³-hybridized carbons (Fsp3) is 0.450. The van der Waals surface area contributed by atoms with Gasteiger partial charge in [-0.2, -0.15) is 0 Å². The normalized spacial score (nSPS) is 12.5. The van der Waals surface area contributed by atoms with E-state index in [0.29, 0.717) is 0 Å². The van der Waals surface area contributed by atoms with Gasteiger partial charge in [0.05, 0.1) is 11.8 Å². The van der Waals surface area contributed by atoms with Crippen LogP contribution in [0.4, 0.5) is 0 Å². The van der Waals surface area contributed by atoms with E-state index in [4.69, 9.17) is 4.74 Å². The Bertz CT molecular complexity index is 528. The van der Waals surface area contributed by atoms with E-state index < -0.39 is 0 Å². The fourth-order valence-corrected chi connectivity index (χ4v) is 2.63. The summed E-state index contributed by atoms with van der Waals surface area (Å²) in [5, 5.41) is 0. The Morgan fingerprint density at radius 2 is 1.78 bits per heavy atom. The number of aryl methyl sites for hydroxylation is 1. The van der Waals surface area contributed by atoms with Crippen molar-refractivity contribution in [2.75, 3.05) is 27.2 Å². The molecule has 2 rings (SSSR count). The molecule has 1 unspecified atom stereocenters. The molecule has 0 aliphatic heterocycles. The Morgan fingerprint density at radius 3 is 2.48 bits per heavy atom. The van der Waals surface area contributed by atoms with E-state index in [1.54, 1.807) is 0 Å². The van der Waals surface area contributed by atoms with Crippen molar-refractivity contribution in [2.24, 2.45) is 0 Å². The van der Waals surface area contributed by atoms with Crippen LogP contribution in [0.2, 0.25) is 0 Å². The second-order valence-electron chi connectivity index (χ2n) is 6.15. The summed E-state index contributed by atoms with van der Waals surface area (Å²) in [5.41, 5.74) is 2.44. The van der Waals surface area contributed by atoms with Crippen molar-refractivity contribution in [3.63, 3.8) is 0 Å². The number of ether oxygens (including phenoxy) is 1. The summed E-state index contributed by atoms with van der Waals surface area (Å²) in [6.45, 7) is 1.84. The number of pyridine rings is 1. The maximum Gasteiger partial charge on any atom is 0.0994 e. The molecule has 0 bridgehead atoms. The summed E-state index contributed by atoms with van der Waals surface area (Å²) in [6.07, 6.45) is 6.21. The molecule has 0 spiro atoms. The third-order valence-electron chi connectivity index (χ3n) is 3.86. The fourth-order valence-electron chi connectivity index (χ4n) is 2.63. The van der Waals surface area contributed by atoms with Gasteiger partial charge in [-0.15, -0.1) is 0 Å². The van der Waals surface area contributed by atoms with Crippen molar-refractivity contribution in [1.82, 2.24) is 9.88 Å². The van der Waals surface area contributed by atoms with Crippen molar-refractivity contribution in [3.8, 4) is 0 Å². The van der Waals surface area contributed by atoms with Crippen LogP contribution in [0.1, 0.15) is 36.6 Å². The highest BCUT2D eigenvalue weighted by Crippen LogP contribution is 2.22. The molecule has 0 radical (unpaired) electrons. The molecule has 1 heterocycles. The predicted molar refractivity (Wildman–Crippen MR) is 95.5 cm³/mol. The van der Waals surface area contributed by atoms with Crippen molar-refractivity contribution >= 4 is 0 Å². The summed E-state index contributed by atoms with van der Waals surface area (Å²) in [7, 11) is 4.19. The van der Waals surface area contributed by atoms with Gasteiger partial charge in [0, 0.05) is 12.8 Å². The van der Waals surface area contributed by atoms with Crippen LogP contribution < -0.4 is 0 Å². The van der Waals surface area contributed by atoms with Crippen LogP contribution in [0.3, 0.4) is 0 Å². The zero-order valence-electron chi connectivity index (χ0n) is 14.3. The van der Waals surface area contributed by atoms with E-state index in [0.717, 1.165) is 44.5 Å². The predicted octanol–water partition coefficient (Wildman–Crippen LogP) is 4.11. The lowest BCUT2D eigenvalue weighted by Gasteiger charge is -2.18. The van der Waals surface area contributed by atoms with Gasteiger partial charge in [0.25, 0.3) is 0 Å². The highest BCUT2D eigenvalue weighted by Gasteiger charge is 2.13. The van der Waals surface area contributed by atoms with Gasteiger partial charge in [0.1, 0.15) is 0 Å². The Labute approximate surface area is 140 Å². The minimum atomic E-state index is 0.0991. The van der Waals surface area contributed by atoms with Crippen LogP contribution >= 0.6 is 0 Å². The highest BCUT2D eigenvalue weighted by atomic mass is 16.5. The first-order valence-corrected chi connectivity index (χ1v) is 8.47. The summed E-state index contributed by atoms with van der Waals surface area (Å²) in [4.78, 5) is 6.67. The summed E-state index contributed by atoms with van der Waals surface area (Å²) in [5.74, 6) is 0. The monoisotopic (exact) mass is 312 g/mol. The summed E-state index contributed by atoms with van der Waals surface area (Å²) in [6, 6.07) is 16.7. The highest BCUT2D eigenvalue weighted by molar-refractivity contribution is 5.14. The molecule has 0 amide bonds. The van der Waals surface area contributed by atoms with Gasteiger partial charge in [-0.1, -0.05) is 36.4 Å². The maximum absolute atomic E-state index is 6.13. The van der Waals surface area contributed by atoms with Gasteiger partial charge in [-0.05, 0) is 64.0 Å². The molecular formula is C20H28N2O. The number of nitrogens with zero attached hydrogens (tertiary/aromatic N) is 2. The molecule has 1 atom stereocenters. The molecule has 23 heavy (non-hydrogen) atoms. The van der Waals surface area contributed by atoms with Crippen molar-refractivity contribution in [1.29, 1.82) is 0 Å². The molecule has 0 aliphatic rings. The first-order valence-electron chi connectivity index (χ1n) is 8.47. The molecule has 0 saturated carbocycles. The van der Waals surface area contributed by atoms with Crippen LogP contribution in [0, 0.1) is 0 Å². The van der Waals surface area contributed by atoms with Crippen molar-refractivity contribution in [2.45, 2.75) is 31.8 Å². The maximum atomic E-state index is 6.13. The van der Waals surface area contributed by atoms with Gasteiger partial charge in [-0.3, -0.25) is 4.98 Å². The lowest BCUT2D eigenvalue weighted by molar-refractivity contribution is 0.0382. The molecule has 0 N–H and O–H groups in total. The topological polar surface area (TPSA) is 25.4 Å². The minimum Gasteiger partial charge on any atom is -0.372 e. The van der Waals surface area contributed by atoms with Crippen LogP contribution in [0.5, 0.6) is 0 Å². The Balaban J connectivity index is 1.83. The average molecular weight is 312 g/mol. The lowest BCUT2D eigenvalue weighted by atomic mass is 10.0. The standard InChI is InChI=1S/C20H28N2O/c1-22(2)16-9-17-23-20(19-13-6-7-15-21-19)14-8-12-18-10-4-3-5-11-18/h3-7,10-11,13,15,20H,8-9,12,14,16-17H2,1-2H3. The minimum absolute atomic E-state index is 0.0991. The quantitative estimate of drug-likeness (QED) is 0.617. The first kappa shape index (κ1) is 17.6. The second kappa shape index (κ2) is 10.1. The second-order valence-corrected chi connectivity index (χ2v) is 6.15. The summed E-state index contributed by atoms with van der Waals surface area (Å²) < 4.78 is 6.13. The molecule has 2 aromatic rings. The molecule has 3 heteroatoms. The van der Waals surface area contributed by atoms with Crippen LogP contribution in [-0.2, 0) is 11.2 Å². The SMILES string of the molecule is CN(C)CCCOC(CCCc1ccccc1)c1ccccn1. The Hall–Kier alpha value is -1.71. The molecule has 0 fully saturated rings. The zero-order valence-corrected chi connectivity index (χ0v) is 14.3. The molecule has 0 saturated heterocycles. The molecule has 1 aromatic carbocycles. The first-order chi connectivity index (χ1) is 11.3. The van der Waals surface area contributed by atoms with Gasteiger partial charge in [0.15, 0.2) is 0 Å². The van der Waals surface area contributed by atoms with Gasteiger partial charge in [0.2, 0.25) is 0 Å². The van der Waals surface area contributed by atoms with Crippen LogP contribution in [-0.4, -0.2) is 37.1 Å². The number of hydrogen-bond donors (Lipinski definition) is 0. The van der Waals surface area contributed by atoms with E-state index in [2.05, 4.69) is 60.4 Å². The zero-order chi connectivity index (χ0) is 16.3. The number of benzene rings is 1. The Morgan fingerprint density at radius 1 is 1.00 bits per heavy atom. The van der Waals surface area contributed by atoms with E-state index in [-0.39, 0.29) is 6.10 Å². The molecule has 3 nitrogen and oxygen atoms in total. The summed E-state index contributed by atoms with van der Waals surface area (Å²) >= 11 is 0. The lowest BCUT2D eigenvalue weighted by Crippen LogP contribution is -2.16.